The molecule has 97 heavy (non-hydrogen) atoms. The molecule has 0 N–H and O–H groups in total. The maximum absolute atomic E-state index is 13.0. The highest BCUT2D eigenvalue weighted by molar-refractivity contribution is 5.70. The first-order chi connectivity index (χ1) is 47.6. The highest BCUT2D eigenvalue weighted by Gasteiger charge is 2.22. The van der Waals surface area contributed by atoms with Gasteiger partial charge in [-0.1, -0.05) is 381 Å². The zero-order valence-corrected chi connectivity index (χ0v) is 64.7. The zero-order chi connectivity index (χ0) is 70.4. The van der Waals surface area contributed by atoms with Crippen LogP contribution in [0, 0.1) is 0 Å². The number of carboxylic acid groups (broad SMARTS) is 1. The Morgan fingerprint density at radius 2 is 0.588 bits per heavy atom. The summed E-state index contributed by atoms with van der Waals surface area (Å²) < 4.78 is 22.9. The van der Waals surface area contributed by atoms with Gasteiger partial charge in [-0.05, 0) is 89.9 Å². The molecule has 0 saturated carbocycles. The van der Waals surface area contributed by atoms with E-state index in [1.165, 1.54) is 295 Å². The highest BCUT2D eigenvalue weighted by atomic mass is 16.7. The number of hydrogen-bond donors (Lipinski definition) is 0. The van der Waals surface area contributed by atoms with E-state index in [0.29, 0.717) is 23.9 Å². The van der Waals surface area contributed by atoms with Crippen LogP contribution in [0.15, 0.2) is 85.1 Å². The number of rotatable bonds is 78. The lowest BCUT2D eigenvalue weighted by molar-refractivity contribution is -0.870. The number of quaternary nitrogens is 1. The van der Waals surface area contributed by atoms with Crippen LogP contribution in [0.1, 0.15) is 399 Å². The number of allylic oxidation sites excluding steroid dienone is 14. The van der Waals surface area contributed by atoms with Gasteiger partial charge in [0.15, 0.2) is 12.4 Å². The van der Waals surface area contributed by atoms with E-state index in [0.717, 1.165) is 70.6 Å². The lowest BCUT2D eigenvalue weighted by Gasteiger charge is -2.26. The van der Waals surface area contributed by atoms with Crippen LogP contribution in [0.4, 0.5) is 0 Å². The van der Waals surface area contributed by atoms with E-state index in [4.69, 9.17) is 18.9 Å². The van der Waals surface area contributed by atoms with Crippen molar-refractivity contribution in [1.29, 1.82) is 0 Å². The highest BCUT2D eigenvalue weighted by Crippen LogP contribution is 2.20. The Kier molecular flexibility index (Phi) is 75.3. The van der Waals surface area contributed by atoms with Crippen LogP contribution in [0.25, 0.3) is 0 Å². The molecule has 0 spiro atoms. The topological polar surface area (TPSA) is 111 Å². The molecule has 0 aromatic carbocycles. The molecule has 0 rings (SSSR count). The number of aliphatic carboxylic acids is 1. The zero-order valence-electron chi connectivity index (χ0n) is 64.7. The summed E-state index contributed by atoms with van der Waals surface area (Å²) in [4.78, 5) is 37.6. The minimum atomic E-state index is -1.62. The minimum Gasteiger partial charge on any atom is -0.545 e. The summed E-state index contributed by atoms with van der Waals surface area (Å²) in [5.41, 5.74) is 0. The molecular formula is C88H159NO8. The van der Waals surface area contributed by atoms with Gasteiger partial charge in [-0.25, -0.2) is 0 Å². The van der Waals surface area contributed by atoms with Gasteiger partial charge in [0.25, 0.3) is 0 Å². The van der Waals surface area contributed by atoms with Crippen LogP contribution < -0.4 is 5.11 Å². The molecule has 0 aromatic rings. The van der Waals surface area contributed by atoms with Crippen molar-refractivity contribution in [2.45, 2.75) is 411 Å². The van der Waals surface area contributed by atoms with Crippen molar-refractivity contribution >= 4 is 17.9 Å². The predicted molar refractivity (Wildman–Crippen MR) is 417 cm³/mol. The molecule has 0 aliphatic carbocycles. The molecule has 0 aromatic heterocycles. The number of likely N-dealkylation sites (N-methyl/N-ethyl adjacent to an activating group) is 1. The fraction of sp³-hybridized carbons (Fsp3) is 0.807. The van der Waals surface area contributed by atoms with Gasteiger partial charge >= 0.3 is 11.9 Å². The van der Waals surface area contributed by atoms with Crippen LogP contribution in [-0.2, 0) is 33.3 Å². The van der Waals surface area contributed by atoms with Gasteiger partial charge < -0.3 is 33.3 Å². The lowest BCUT2D eigenvalue weighted by atomic mass is 10.0. The summed E-state index contributed by atoms with van der Waals surface area (Å²) in [7, 11) is 5.95. The number of ether oxygens (including phenoxy) is 4. The Labute approximate surface area is 601 Å². The number of carbonyl (C=O) groups excluding carboxylic acids is 3. The van der Waals surface area contributed by atoms with Gasteiger partial charge in [0.1, 0.15) is 13.2 Å². The Hall–Kier alpha value is -3.53. The van der Waals surface area contributed by atoms with Gasteiger partial charge in [-0.3, -0.25) is 9.59 Å². The number of carbonyl (C=O) groups is 3. The molecule has 0 radical (unpaired) electrons. The van der Waals surface area contributed by atoms with Crippen molar-refractivity contribution in [3.63, 3.8) is 0 Å². The molecule has 9 nitrogen and oxygen atoms in total. The monoisotopic (exact) mass is 1360 g/mol. The van der Waals surface area contributed by atoms with Crippen LogP contribution in [-0.4, -0.2) is 82.3 Å². The number of carboxylic acids is 1. The number of nitrogens with zero attached hydrogens (tertiary/aromatic N) is 1. The Morgan fingerprint density at radius 3 is 0.876 bits per heavy atom. The normalized spacial score (nSPS) is 13.0. The van der Waals surface area contributed by atoms with Crippen molar-refractivity contribution in [2.24, 2.45) is 0 Å². The maximum Gasteiger partial charge on any atom is 0.306 e. The van der Waals surface area contributed by atoms with Gasteiger partial charge in [-0.2, -0.15) is 0 Å². The quantitative estimate of drug-likeness (QED) is 0.0195. The molecule has 2 unspecified atom stereocenters. The van der Waals surface area contributed by atoms with Crippen molar-refractivity contribution in [3.8, 4) is 0 Å². The summed E-state index contributed by atoms with van der Waals surface area (Å²) in [6.45, 7) is 4.68. The predicted octanol–water partition coefficient (Wildman–Crippen LogP) is 25.6. The second-order valence-electron chi connectivity index (χ2n) is 29.4. The number of unbranched alkanes of at least 4 members (excludes halogenated alkanes) is 49. The molecular weight excluding hydrogens is 1200 g/mol. The van der Waals surface area contributed by atoms with E-state index in [-0.39, 0.29) is 32.2 Å². The average Bonchev–Trinajstić information content (AvgIpc) is 2.59. The van der Waals surface area contributed by atoms with Gasteiger partial charge in [0.05, 0.1) is 40.3 Å². The first kappa shape index (κ1) is 93.5. The third-order valence-electron chi connectivity index (χ3n) is 18.6. The summed E-state index contributed by atoms with van der Waals surface area (Å²) in [5.74, 6) is -2.26. The molecule has 9 heteroatoms. The molecule has 0 saturated heterocycles. The third-order valence-corrected chi connectivity index (χ3v) is 18.6. The number of hydrogen-bond acceptors (Lipinski definition) is 8. The lowest BCUT2D eigenvalue weighted by Crippen LogP contribution is -2.44. The van der Waals surface area contributed by atoms with Gasteiger partial charge in [0, 0.05) is 12.8 Å². The van der Waals surface area contributed by atoms with E-state index in [2.05, 4.69) is 98.9 Å². The fourth-order valence-electron chi connectivity index (χ4n) is 12.3. The van der Waals surface area contributed by atoms with Crippen molar-refractivity contribution in [1.82, 2.24) is 0 Å². The van der Waals surface area contributed by atoms with Gasteiger partial charge in [-0.15, -0.1) is 0 Å². The average molecular weight is 1360 g/mol. The first-order valence-corrected chi connectivity index (χ1v) is 41.7. The smallest absolute Gasteiger partial charge is 0.306 e. The molecule has 564 valence electrons. The second-order valence-corrected chi connectivity index (χ2v) is 29.4. The minimum absolute atomic E-state index is 0.148. The first-order valence-electron chi connectivity index (χ1n) is 41.7. The maximum atomic E-state index is 13.0. The largest absolute Gasteiger partial charge is 0.545 e. The third kappa shape index (κ3) is 79.7. The second kappa shape index (κ2) is 78.2. The Balaban J connectivity index is 3.95. The molecule has 0 amide bonds. The van der Waals surface area contributed by atoms with E-state index in [9.17, 15) is 19.5 Å². The molecule has 0 heterocycles. The van der Waals surface area contributed by atoms with E-state index in [1.807, 2.05) is 21.1 Å². The number of esters is 2. The molecule has 2 atom stereocenters. The van der Waals surface area contributed by atoms with E-state index >= 15 is 0 Å². The molecule has 0 aliphatic rings. The van der Waals surface area contributed by atoms with Crippen LogP contribution in [0.2, 0.25) is 0 Å². The Morgan fingerprint density at radius 1 is 0.320 bits per heavy atom. The fourth-order valence-corrected chi connectivity index (χ4v) is 12.3. The van der Waals surface area contributed by atoms with Crippen LogP contribution >= 0.6 is 0 Å². The Bertz CT molecular complexity index is 1870. The summed E-state index contributed by atoms with van der Waals surface area (Å²) in [5, 5.41) is 11.9. The van der Waals surface area contributed by atoms with Crippen molar-refractivity contribution < 1.29 is 42.9 Å². The van der Waals surface area contributed by atoms with Crippen LogP contribution in [0.3, 0.4) is 0 Å². The summed E-state index contributed by atoms with van der Waals surface area (Å²) in [6.07, 6.45) is 104. The SMILES string of the molecule is CC/C=C\C/C=C\C/C=C\C/C=C\C/C=C\CCCCCCCCCCCCCCCCCCCC(=O)OC(COC(=O)CCCCCCCCCCCCCCCCCCCCCCCCCCCCC/C=C\C/C=C\CCCCCCC)COC(OCC[N+](C)(C)C)C(=O)[O-]. The van der Waals surface area contributed by atoms with Crippen molar-refractivity contribution in [2.75, 3.05) is 47.5 Å². The van der Waals surface area contributed by atoms with Crippen LogP contribution in [0.5, 0.6) is 0 Å². The van der Waals surface area contributed by atoms with Crippen molar-refractivity contribution in [3.05, 3.63) is 85.1 Å². The molecule has 0 bridgehead atoms. The summed E-state index contributed by atoms with van der Waals surface area (Å²) >= 11 is 0. The summed E-state index contributed by atoms with van der Waals surface area (Å²) in [6, 6.07) is 0. The van der Waals surface area contributed by atoms with E-state index < -0.39 is 24.3 Å². The molecule has 0 fully saturated rings. The van der Waals surface area contributed by atoms with Gasteiger partial charge in [0.2, 0.25) is 0 Å². The molecule has 0 aliphatic heterocycles. The van der Waals surface area contributed by atoms with E-state index in [1.54, 1.807) is 0 Å². The standard InChI is InChI=1S/C88H159NO8/c1-6-8-10-12-14-16-18-20-22-24-26-28-30-32-34-36-38-40-41-42-43-44-45-47-48-50-52-54-56-58-60-62-64-66-68-70-72-74-76-78-85(90)95-82-84(83-96-88(87(92)93)94-81-80-89(3,4)5)97-86(91)79-77-75-73-71-69-67-65-63-61-59-57-55-53-51-49-46-39-37-35-33-31-29-27-25-23-21-19-17-15-13-11-9-7-2/h9,11,15,17-18,20-21,23-24,26-27,29,33,35,84,88H,6-8,10,12-14,16,19,22,25,28,30-32,34,36-83H2,1-5H3/b11-9-,17-15-,20-18-,23-21-,26-24-,29-27-,35-33-.